The van der Waals surface area contributed by atoms with E-state index in [0.717, 1.165) is 25.5 Å². The fourth-order valence-corrected chi connectivity index (χ4v) is 2.56. The SMILES string of the molecule is CCCCC[C@H](O)C=C[C@@H](C(C)=O)[C@H](C=O)C/C=C\CCCC(=O)O. The van der Waals surface area contributed by atoms with Crippen molar-refractivity contribution in [3.63, 3.8) is 0 Å². The van der Waals surface area contributed by atoms with Crippen LogP contribution in [0.4, 0.5) is 0 Å². The number of aldehydes is 1. The smallest absolute Gasteiger partial charge is 0.303 e. The molecule has 3 atom stereocenters. The van der Waals surface area contributed by atoms with Gasteiger partial charge in [-0.3, -0.25) is 9.59 Å². The van der Waals surface area contributed by atoms with E-state index < -0.39 is 23.9 Å². The minimum Gasteiger partial charge on any atom is -0.481 e. The molecule has 5 nitrogen and oxygen atoms in total. The predicted molar refractivity (Wildman–Crippen MR) is 98.3 cm³/mol. The van der Waals surface area contributed by atoms with E-state index in [9.17, 15) is 19.5 Å². The van der Waals surface area contributed by atoms with Gasteiger partial charge in [0.05, 0.1) is 6.10 Å². The summed E-state index contributed by atoms with van der Waals surface area (Å²) in [6.45, 7) is 3.55. The minimum atomic E-state index is -0.821. The molecule has 0 aliphatic rings. The van der Waals surface area contributed by atoms with Gasteiger partial charge in [-0.15, -0.1) is 0 Å². The fraction of sp³-hybridized carbons (Fsp3) is 0.650. The first-order valence-electron chi connectivity index (χ1n) is 9.11. The molecule has 0 spiro atoms. The highest BCUT2D eigenvalue weighted by Gasteiger charge is 2.22. The molecule has 2 N–H and O–H groups in total. The summed E-state index contributed by atoms with van der Waals surface area (Å²) >= 11 is 0. The lowest BCUT2D eigenvalue weighted by Crippen LogP contribution is -2.21. The van der Waals surface area contributed by atoms with Crippen LogP contribution in [0, 0.1) is 11.8 Å². The normalized spacial score (nSPS) is 15.3. The zero-order valence-electron chi connectivity index (χ0n) is 15.4. The highest BCUT2D eigenvalue weighted by Crippen LogP contribution is 2.19. The molecule has 0 saturated carbocycles. The Kier molecular flexibility index (Phi) is 13.6. The first-order valence-corrected chi connectivity index (χ1v) is 9.11. The molecule has 0 unspecified atom stereocenters. The number of aliphatic hydroxyl groups is 1. The van der Waals surface area contributed by atoms with E-state index in [-0.39, 0.29) is 12.2 Å². The summed E-state index contributed by atoms with van der Waals surface area (Å²) in [4.78, 5) is 33.6. The van der Waals surface area contributed by atoms with Crippen LogP contribution < -0.4 is 0 Å². The number of aliphatic carboxylic acids is 1. The lowest BCUT2D eigenvalue weighted by atomic mass is 9.86. The predicted octanol–water partition coefficient (Wildman–Crippen LogP) is 3.71. The van der Waals surface area contributed by atoms with Gasteiger partial charge in [-0.05, 0) is 32.6 Å². The maximum Gasteiger partial charge on any atom is 0.303 e. The number of hydrogen-bond donors (Lipinski definition) is 2. The van der Waals surface area contributed by atoms with Crippen molar-refractivity contribution in [3.05, 3.63) is 24.3 Å². The zero-order chi connectivity index (χ0) is 19.1. The number of Topliss-reactive ketones (excluding diaryl/α,β-unsaturated/α-hetero) is 1. The van der Waals surface area contributed by atoms with Crippen LogP contribution in [0.25, 0.3) is 0 Å². The second-order valence-electron chi connectivity index (χ2n) is 6.38. The van der Waals surface area contributed by atoms with Crippen molar-refractivity contribution in [1.29, 1.82) is 0 Å². The molecular formula is C20H32O5. The second kappa shape index (κ2) is 14.6. The molecular weight excluding hydrogens is 320 g/mol. The maximum absolute atomic E-state index is 11.8. The van der Waals surface area contributed by atoms with Gasteiger partial charge in [0.1, 0.15) is 12.1 Å². The minimum absolute atomic E-state index is 0.103. The van der Waals surface area contributed by atoms with Crippen LogP contribution in [0.1, 0.15) is 65.2 Å². The number of hydrogen-bond acceptors (Lipinski definition) is 4. The third kappa shape index (κ3) is 12.3. The lowest BCUT2D eigenvalue weighted by Gasteiger charge is -2.16. The van der Waals surface area contributed by atoms with Gasteiger partial charge < -0.3 is 15.0 Å². The van der Waals surface area contributed by atoms with Gasteiger partial charge in [-0.2, -0.15) is 0 Å². The molecule has 0 aromatic carbocycles. The summed E-state index contributed by atoms with van der Waals surface area (Å²) in [5.41, 5.74) is 0. The zero-order valence-corrected chi connectivity index (χ0v) is 15.4. The largest absolute Gasteiger partial charge is 0.481 e. The number of aliphatic hydroxyl groups excluding tert-OH is 1. The quantitative estimate of drug-likeness (QED) is 0.266. The standard InChI is InChI=1S/C20H32O5/c1-3-4-7-11-18(23)13-14-19(16(2)22)17(15-21)10-8-5-6-9-12-20(24)25/h5,8,13-15,17-19,23H,3-4,6-7,9-12H2,1-2H3,(H,24,25)/b8-5-,14-13?/t17-,18-,19-/m0/s1. The van der Waals surface area contributed by atoms with Crippen LogP contribution in [-0.2, 0) is 14.4 Å². The van der Waals surface area contributed by atoms with E-state index >= 15 is 0 Å². The van der Waals surface area contributed by atoms with Crippen molar-refractivity contribution < 1.29 is 24.6 Å². The van der Waals surface area contributed by atoms with Gasteiger partial charge in [-0.25, -0.2) is 0 Å². The molecule has 0 aromatic heterocycles. The number of ketones is 1. The lowest BCUT2D eigenvalue weighted by molar-refractivity contribution is -0.137. The molecule has 0 amide bonds. The van der Waals surface area contributed by atoms with Crippen molar-refractivity contribution in [2.45, 2.75) is 71.3 Å². The van der Waals surface area contributed by atoms with Crippen LogP contribution in [0.5, 0.6) is 0 Å². The summed E-state index contributed by atoms with van der Waals surface area (Å²) < 4.78 is 0. The number of unbranched alkanes of at least 4 members (excludes halogenated alkanes) is 3. The summed E-state index contributed by atoms with van der Waals surface area (Å²) in [6.07, 6.45) is 12.6. The molecule has 0 aliphatic carbocycles. The van der Waals surface area contributed by atoms with E-state index in [1.807, 2.05) is 12.2 Å². The van der Waals surface area contributed by atoms with Crippen LogP contribution in [-0.4, -0.2) is 34.4 Å². The topological polar surface area (TPSA) is 91.7 Å². The van der Waals surface area contributed by atoms with E-state index in [1.54, 1.807) is 12.2 Å². The van der Waals surface area contributed by atoms with Gasteiger partial charge in [0, 0.05) is 18.3 Å². The number of allylic oxidation sites excluding steroid dienone is 3. The average Bonchev–Trinajstić information content (AvgIpc) is 2.55. The van der Waals surface area contributed by atoms with Gasteiger partial charge in [0.25, 0.3) is 0 Å². The molecule has 0 radical (unpaired) electrons. The summed E-state index contributed by atoms with van der Waals surface area (Å²) in [7, 11) is 0. The van der Waals surface area contributed by atoms with Crippen molar-refractivity contribution in [1.82, 2.24) is 0 Å². The Morgan fingerprint density at radius 2 is 1.80 bits per heavy atom. The third-order valence-electron chi connectivity index (χ3n) is 4.09. The molecule has 0 rings (SSSR count). The Balaban J connectivity index is 4.53. The Labute approximate surface area is 150 Å². The van der Waals surface area contributed by atoms with Crippen LogP contribution in [0.3, 0.4) is 0 Å². The summed E-state index contributed by atoms with van der Waals surface area (Å²) in [5.74, 6) is -1.93. The average molecular weight is 352 g/mol. The Bertz CT molecular complexity index is 453. The van der Waals surface area contributed by atoms with Crippen molar-refractivity contribution in [3.8, 4) is 0 Å². The molecule has 0 saturated heterocycles. The number of carboxylic acids is 1. The fourth-order valence-electron chi connectivity index (χ4n) is 2.56. The van der Waals surface area contributed by atoms with Crippen LogP contribution in [0.2, 0.25) is 0 Å². The molecule has 0 heterocycles. The molecule has 0 fully saturated rings. The van der Waals surface area contributed by atoms with Gasteiger partial charge >= 0.3 is 5.97 Å². The van der Waals surface area contributed by atoms with Gasteiger partial charge in [0.2, 0.25) is 0 Å². The van der Waals surface area contributed by atoms with E-state index in [4.69, 9.17) is 5.11 Å². The van der Waals surface area contributed by atoms with Gasteiger partial charge in [0.15, 0.2) is 0 Å². The number of carboxylic acid groups (broad SMARTS) is 1. The van der Waals surface area contributed by atoms with Crippen LogP contribution >= 0.6 is 0 Å². The first-order chi connectivity index (χ1) is 11.9. The Morgan fingerprint density at radius 3 is 2.36 bits per heavy atom. The molecule has 142 valence electrons. The van der Waals surface area contributed by atoms with E-state index in [1.165, 1.54) is 6.92 Å². The molecule has 0 aliphatic heterocycles. The summed E-state index contributed by atoms with van der Waals surface area (Å²) in [6, 6.07) is 0. The Morgan fingerprint density at radius 1 is 1.08 bits per heavy atom. The molecule has 0 aromatic rings. The summed E-state index contributed by atoms with van der Waals surface area (Å²) in [5, 5.41) is 18.5. The van der Waals surface area contributed by atoms with Gasteiger partial charge in [-0.1, -0.05) is 50.5 Å². The monoisotopic (exact) mass is 352 g/mol. The van der Waals surface area contributed by atoms with Crippen molar-refractivity contribution in [2.75, 3.05) is 0 Å². The molecule has 0 bridgehead atoms. The van der Waals surface area contributed by atoms with E-state index in [0.29, 0.717) is 25.7 Å². The van der Waals surface area contributed by atoms with E-state index in [2.05, 4.69) is 6.92 Å². The second-order valence-corrected chi connectivity index (χ2v) is 6.38. The third-order valence-corrected chi connectivity index (χ3v) is 4.09. The Hall–Kier alpha value is -1.75. The van der Waals surface area contributed by atoms with Crippen LogP contribution in [0.15, 0.2) is 24.3 Å². The number of carbonyl (C=O) groups is 3. The molecule has 25 heavy (non-hydrogen) atoms. The number of rotatable bonds is 15. The first kappa shape index (κ1) is 23.2. The highest BCUT2D eigenvalue weighted by molar-refractivity contribution is 5.83. The maximum atomic E-state index is 11.8. The van der Waals surface area contributed by atoms with Crippen molar-refractivity contribution in [2.24, 2.45) is 11.8 Å². The number of carbonyl (C=O) groups excluding carboxylic acids is 2. The van der Waals surface area contributed by atoms with Crippen molar-refractivity contribution >= 4 is 18.0 Å². The molecule has 5 heteroatoms. The highest BCUT2D eigenvalue weighted by atomic mass is 16.4.